The van der Waals surface area contributed by atoms with Crippen LogP contribution in [0.15, 0.2) is 23.8 Å². The number of ketones is 2. The molecule has 28 heavy (non-hydrogen) atoms. The number of rotatable bonds is 6. The van der Waals surface area contributed by atoms with E-state index in [1.165, 1.54) is 18.4 Å². The Hall–Kier alpha value is -2.23. The van der Waals surface area contributed by atoms with E-state index in [2.05, 4.69) is 11.4 Å². The first-order valence-electron chi connectivity index (χ1n) is 10.5. The van der Waals surface area contributed by atoms with Gasteiger partial charge in [0.05, 0.1) is 0 Å². The van der Waals surface area contributed by atoms with Gasteiger partial charge in [-0.1, -0.05) is 29.3 Å². The number of carbonyl (C=O) groups excluding carboxylic acids is 3. The smallest absolute Gasteiger partial charge is 0.220 e. The summed E-state index contributed by atoms with van der Waals surface area (Å²) < 4.78 is 0. The fourth-order valence-corrected chi connectivity index (χ4v) is 4.77. The third-order valence-corrected chi connectivity index (χ3v) is 6.07. The molecule has 2 aliphatic carbocycles. The maximum Gasteiger partial charge on any atom is 0.220 e. The van der Waals surface area contributed by atoms with Crippen molar-refractivity contribution in [3.63, 3.8) is 0 Å². The minimum Gasteiger partial charge on any atom is -0.356 e. The molecule has 0 bridgehead atoms. The summed E-state index contributed by atoms with van der Waals surface area (Å²) in [5.41, 5.74) is 5.35. The lowest BCUT2D eigenvalue weighted by Crippen LogP contribution is -2.28. The third-order valence-electron chi connectivity index (χ3n) is 6.07. The van der Waals surface area contributed by atoms with Crippen LogP contribution in [0.1, 0.15) is 73.1 Å². The number of aryl methyl sites for hydroxylation is 3. The lowest BCUT2D eigenvalue weighted by Gasteiger charge is -2.16. The van der Waals surface area contributed by atoms with Crippen LogP contribution in [-0.4, -0.2) is 24.0 Å². The summed E-state index contributed by atoms with van der Waals surface area (Å²) in [6.07, 6.45) is 8.22. The summed E-state index contributed by atoms with van der Waals surface area (Å²) in [6.45, 7) is 6.53. The number of carbonyl (C=O) groups is 3. The molecule has 2 aliphatic rings. The van der Waals surface area contributed by atoms with Crippen molar-refractivity contribution in [1.29, 1.82) is 0 Å². The molecule has 0 saturated heterocycles. The van der Waals surface area contributed by atoms with Crippen LogP contribution in [0.2, 0.25) is 0 Å². The van der Waals surface area contributed by atoms with Gasteiger partial charge in [-0.3, -0.25) is 14.4 Å². The first-order valence-corrected chi connectivity index (χ1v) is 10.5. The zero-order chi connectivity index (χ0) is 20.3. The molecular formula is C24H31NO3. The van der Waals surface area contributed by atoms with E-state index in [0.29, 0.717) is 6.54 Å². The Labute approximate surface area is 167 Å². The second-order valence-electron chi connectivity index (χ2n) is 8.43. The monoisotopic (exact) mass is 381 g/mol. The number of hydrogen-bond donors (Lipinski definition) is 1. The molecule has 150 valence electrons. The van der Waals surface area contributed by atoms with E-state index < -0.39 is 11.8 Å². The molecule has 1 N–H and O–H groups in total. The lowest BCUT2D eigenvalue weighted by atomic mass is 9.86. The molecule has 0 heterocycles. The van der Waals surface area contributed by atoms with Gasteiger partial charge in [-0.15, -0.1) is 0 Å². The number of nitrogens with one attached hydrogen (secondary N) is 1. The molecule has 2 atom stereocenters. The van der Waals surface area contributed by atoms with Gasteiger partial charge in [-0.25, -0.2) is 0 Å². The van der Waals surface area contributed by atoms with Crippen LogP contribution in [0.5, 0.6) is 0 Å². The van der Waals surface area contributed by atoms with Crippen LogP contribution in [0.25, 0.3) is 0 Å². The minimum atomic E-state index is -0.703. The van der Waals surface area contributed by atoms with E-state index in [4.69, 9.17) is 0 Å². The molecule has 0 aromatic heterocycles. The van der Waals surface area contributed by atoms with Crippen LogP contribution in [0.4, 0.5) is 0 Å². The van der Waals surface area contributed by atoms with Crippen LogP contribution >= 0.6 is 0 Å². The Balaban J connectivity index is 1.59. The topological polar surface area (TPSA) is 63.2 Å². The van der Waals surface area contributed by atoms with Crippen molar-refractivity contribution in [2.45, 2.75) is 71.6 Å². The average Bonchev–Trinajstić information content (AvgIpc) is 2.89. The highest BCUT2D eigenvalue weighted by Gasteiger charge is 2.43. The number of benzene rings is 1. The first kappa shape index (κ1) is 20.5. The standard InChI is InChI=1S/C24H31NO3/c1-15-11-16(2)22(17(3)12-15)23-20(26)13-19(24(23)28)14-21(27)25-10-9-18-7-5-4-6-8-18/h7,11-12,19,23H,4-6,8-10,13-14H2,1-3H3,(H,25,27). The molecule has 1 fully saturated rings. The maximum absolute atomic E-state index is 13.0. The Morgan fingerprint density at radius 3 is 2.46 bits per heavy atom. The van der Waals surface area contributed by atoms with Gasteiger partial charge >= 0.3 is 0 Å². The van der Waals surface area contributed by atoms with Crippen molar-refractivity contribution >= 4 is 17.5 Å². The summed E-state index contributed by atoms with van der Waals surface area (Å²) in [7, 11) is 0. The molecule has 1 aromatic rings. The average molecular weight is 382 g/mol. The molecule has 0 spiro atoms. The predicted molar refractivity (Wildman–Crippen MR) is 110 cm³/mol. The van der Waals surface area contributed by atoms with E-state index in [1.807, 2.05) is 32.9 Å². The van der Waals surface area contributed by atoms with Crippen LogP contribution in [0.3, 0.4) is 0 Å². The van der Waals surface area contributed by atoms with Gasteiger partial charge in [-0.2, -0.15) is 0 Å². The Morgan fingerprint density at radius 2 is 1.82 bits per heavy atom. The van der Waals surface area contributed by atoms with Crippen molar-refractivity contribution in [2.24, 2.45) is 5.92 Å². The fraction of sp³-hybridized carbons (Fsp3) is 0.542. The summed E-state index contributed by atoms with van der Waals surface area (Å²) in [5, 5.41) is 2.93. The summed E-state index contributed by atoms with van der Waals surface area (Å²) >= 11 is 0. The first-order chi connectivity index (χ1) is 13.4. The van der Waals surface area contributed by atoms with Crippen molar-refractivity contribution in [2.75, 3.05) is 6.54 Å². The highest BCUT2D eigenvalue weighted by atomic mass is 16.2. The normalized spacial score (nSPS) is 22.3. The fourth-order valence-electron chi connectivity index (χ4n) is 4.77. The number of allylic oxidation sites excluding steroid dienone is 1. The molecular weight excluding hydrogens is 350 g/mol. The summed E-state index contributed by atoms with van der Waals surface area (Å²) in [4.78, 5) is 37.9. The molecule has 4 heteroatoms. The number of Topliss-reactive ketones (excluding diaryl/α,β-unsaturated/α-hetero) is 2. The van der Waals surface area contributed by atoms with E-state index in [-0.39, 0.29) is 30.3 Å². The van der Waals surface area contributed by atoms with Crippen molar-refractivity contribution in [3.05, 3.63) is 46.0 Å². The number of hydrogen-bond acceptors (Lipinski definition) is 3. The Kier molecular flexibility index (Phi) is 6.48. The van der Waals surface area contributed by atoms with Gasteiger partial charge in [-0.05, 0) is 69.6 Å². The van der Waals surface area contributed by atoms with Crippen molar-refractivity contribution in [1.82, 2.24) is 5.32 Å². The van der Waals surface area contributed by atoms with Gasteiger partial charge < -0.3 is 5.32 Å². The van der Waals surface area contributed by atoms with Gasteiger partial charge in [0.2, 0.25) is 5.91 Å². The zero-order valence-electron chi connectivity index (χ0n) is 17.3. The van der Waals surface area contributed by atoms with E-state index >= 15 is 0 Å². The Bertz CT molecular complexity index is 798. The number of amides is 1. The summed E-state index contributed by atoms with van der Waals surface area (Å²) in [6, 6.07) is 4.03. The molecule has 1 amide bonds. The zero-order valence-corrected chi connectivity index (χ0v) is 17.3. The second kappa shape index (κ2) is 8.85. The quantitative estimate of drug-likeness (QED) is 0.592. The molecule has 1 saturated carbocycles. The predicted octanol–water partition coefficient (Wildman–Crippen LogP) is 4.25. The van der Waals surface area contributed by atoms with Gasteiger partial charge in [0, 0.05) is 25.3 Å². The molecule has 2 unspecified atom stereocenters. The molecule has 4 nitrogen and oxygen atoms in total. The van der Waals surface area contributed by atoms with Gasteiger partial charge in [0.15, 0.2) is 5.78 Å². The van der Waals surface area contributed by atoms with E-state index in [9.17, 15) is 14.4 Å². The Morgan fingerprint density at radius 1 is 1.11 bits per heavy atom. The van der Waals surface area contributed by atoms with E-state index in [0.717, 1.165) is 41.5 Å². The lowest BCUT2D eigenvalue weighted by molar-refractivity contribution is -0.128. The molecule has 1 aromatic carbocycles. The van der Waals surface area contributed by atoms with Gasteiger partial charge in [0.1, 0.15) is 11.7 Å². The maximum atomic E-state index is 13.0. The highest BCUT2D eigenvalue weighted by Crippen LogP contribution is 2.37. The van der Waals surface area contributed by atoms with Crippen LogP contribution in [0, 0.1) is 26.7 Å². The van der Waals surface area contributed by atoms with Crippen LogP contribution < -0.4 is 5.32 Å². The summed E-state index contributed by atoms with van der Waals surface area (Å²) in [5.74, 6) is -1.46. The molecule has 3 rings (SSSR count). The van der Waals surface area contributed by atoms with Crippen molar-refractivity contribution in [3.8, 4) is 0 Å². The minimum absolute atomic E-state index is 0.0507. The van der Waals surface area contributed by atoms with E-state index in [1.54, 1.807) is 0 Å². The SMILES string of the molecule is Cc1cc(C)c(C2C(=O)CC(CC(=O)NCCC3=CCCCC3)C2=O)c(C)c1. The molecule has 0 radical (unpaired) electrons. The highest BCUT2D eigenvalue weighted by molar-refractivity contribution is 6.15. The largest absolute Gasteiger partial charge is 0.356 e. The second-order valence-corrected chi connectivity index (χ2v) is 8.43. The van der Waals surface area contributed by atoms with Crippen molar-refractivity contribution < 1.29 is 14.4 Å². The molecule has 0 aliphatic heterocycles. The van der Waals surface area contributed by atoms with Crippen LogP contribution in [-0.2, 0) is 14.4 Å². The van der Waals surface area contributed by atoms with Gasteiger partial charge in [0.25, 0.3) is 0 Å². The third kappa shape index (κ3) is 4.60.